The molecule has 0 aliphatic rings. The fourth-order valence-corrected chi connectivity index (χ4v) is 3.61. The lowest BCUT2D eigenvalue weighted by molar-refractivity contribution is -0.137. The SMILES string of the molecule is CN(C)C(=O)C(C)(C)n1cc(-c2ccc(-c3cncc4ccccc34)cc2)cn1. The molecule has 2 aromatic heterocycles. The summed E-state index contributed by atoms with van der Waals surface area (Å²) in [5.74, 6) is 0.00551. The zero-order valence-corrected chi connectivity index (χ0v) is 17.1. The quantitative estimate of drug-likeness (QED) is 0.517. The maximum absolute atomic E-state index is 12.5. The summed E-state index contributed by atoms with van der Waals surface area (Å²) in [4.78, 5) is 18.5. The average Bonchev–Trinajstić information content (AvgIpc) is 3.24. The summed E-state index contributed by atoms with van der Waals surface area (Å²) in [6.07, 6.45) is 7.53. The van der Waals surface area contributed by atoms with Gasteiger partial charge in [-0.25, -0.2) is 0 Å². The van der Waals surface area contributed by atoms with Crippen molar-refractivity contribution in [2.24, 2.45) is 0 Å². The van der Waals surface area contributed by atoms with Gasteiger partial charge >= 0.3 is 0 Å². The van der Waals surface area contributed by atoms with Crippen LogP contribution < -0.4 is 0 Å². The molecule has 4 aromatic rings. The van der Waals surface area contributed by atoms with Crippen LogP contribution in [0.2, 0.25) is 0 Å². The van der Waals surface area contributed by atoms with E-state index < -0.39 is 5.54 Å². The van der Waals surface area contributed by atoms with E-state index in [9.17, 15) is 4.79 Å². The highest BCUT2D eigenvalue weighted by atomic mass is 16.2. The molecule has 0 bridgehead atoms. The highest BCUT2D eigenvalue weighted by Gasteiger charge is 2.32. The third kappa shape index (κ3) is 3.40. The summed E-state index contributed by atoms with van der Waals surface area (Å²) in [7, 11) is 3.52. The Bertz CT molecular complexity index is 1170. The maximum Gasteiger partial charge on any atom is 0.249 e. The number of hydrogen-bond donors (Lipinski definition) is 0. The Labute approximate surface area is 170 Å². The first-order valence-electron chi connectivity index (χ1n) is 9.58. The third-order valence-electron chi connectivity index (χ3n) is 5.28. The van der Waals surface area contributed by atoms with Crippen molar-refractivity contribution in [1.29, 1.82) is 0 Å². The number of aromatic nitrogens is 3. The number of hydrogen-bond acceptors (Lipinski definition) is 3. The summed E-state index contributed by atoms with van der Waals surface area (Å²) in [5, 5.41) is 6.76. The largest absolute Gasteiger partial charge is 0.347 e. The van der Waals surface area contributed by atoms with Crippen molar-refractivity contribution in [3.8, 4) is 22.3 Å². The number of rotatable bonds is 4. The number of nitrogens with zero attached hydrogens (tertiary/aromatic N) is 4. The topological polar surface area (TPSA) is 51.0 Å². The van der Waals surface area contributed by atoms with Gasteiger partial charge in [0, 0.05) is 49.2 Å². The predicted molar refractivity (Wildman–Crippen MR) is 116 cm³/mol. The first-order valence-corrected chi connectivity index (χ1v) is 9.58. The van der Waals surface area contributed by atoms with E-state index in [1.165, 1.54) is 5.39 Å². The lowest BCUT2D eigenvalue weighted by atomic mass is 9.99. The molecule has 0 saturated carbocycles. The second-order valence-electron chi connectivity index (χ2n) is 7.92. The molecule has 0 atom stereocenters. The van der Waals surface area contributed by atoms with Crippen molar-refractivity contribution >= 4 is 16.7 Å². The monoisotopic (exact) mass is 384 g/mol. The fraction of sp³-hybridized carbons (Fsp3) is 0.208. The van der Waals surface area contributed by atoms with Crippen LogP contribution >= 0.6 is 0 Å². The molecule has 0 saturated heterocycles. The summed E-state index contributed by atoms with van der Waals surface area (Å²) in [6, 6.07) is 16.6. The van der Waals surface area contributed by atoms with E-state index in [2.05, 4.69) is 46.5 Å². The standard InChI is InChI=1S/C24H24N4O/c1-24(2,23(29)27(3)4)28-16-20(14-26-28)17-9-11-18(12-10-17)22-15-25-13-19-7-5-6-8-21(19)22/h5-16H,1-4H3. The Hall–Kier alpha value is -3.47. The minimum absolute atomic E-state index is 0.00551. The summed E-state index contributed by atoms with van der Waals surface area (Å²) in [6.45, 7) is 3.76. The first kappa shape index (κ1) is 18.9. The smallest absolute Gasteiger partial charge is 0.249 e. The Kier molecular flexibility index (Phi) is 4.66. The molecular weight excluding hydrogens is 360 g/mol. The average molecular weight is 384 g/mol. The lowest BCUT2D eigenvalue weighted by Crippen LogP contribution is -2.44. The second kappa shape index (κ2) is 7.17. The van der Waals surface area contributed by atoms with Gasteiger partial charge in [0.15, 0.2) is 0 Å². The van der Waals surface area contributed by atoms with Crippen molar-refractivity contribution in [3.05, 3.63) is 73.3 Å². The molecule has 0 aliphatic heterocycles. The van der Waals surface area contributed by atoms with E-state index in [4.69, 9.17) is 0 Å². The molecule has 0 aliphatic carbocycles. The normalized spacial score (nSPS) is 11.6. The predicted octanol–water partition coefficient (Wildman–Crippen LogP) is 4.59. The molecule has 146 valence electrons. The van der Waals surface area contributed by atoms with Gasteiger partial charge in [0.1, 0.15) is 5.54 Å². The van der Waals surface area contributed by atoms with Gasteiger partial charge in [-0.2, -0.15) is 5.10 Å². The first-order chi connectivity index (χ1) is 13.9. The molecular formula is C24H24N4O. The molecule has 0 spiro atoms. The minimum atomic E-state index is -0.740. The Morgan fingerprint density at radius 2 is 1.59 bits per heavy atom. The van der Waals surface area contributed by atoms with Crippen LogP contribution in [0.25, 0.3) is 33.0 Å². The van der Waals surface area contributed by atoms with E-state index in [1.807, 2.05) is 44.6 Å². The lowest BCUT2D eigenvalue weighted by Gasteiger charge is -2.27. The summed E-state index contributed by atoms with van der Waals surface area (Å²) in [5.41, 5.74) is 3.53. The number of fused-ring (bicyclic) bond motifs is 1. The van der Waals surface area contributed by atoms with Gasteiger partial charge in [-0.15, -0.1) is 0 Å². The Morgan fingerprint density at radius 3 is 2.31 bits per heavy atom. The van der Waals surface area contributed by atoms with E-state index in [0.29, 0.717) is 0 Å². The van der Waals surface area contributed by atoms with Crippen LogP contribution in [-0.4, -0.2) is 39.7 Å². The van der Waals surface area contributed by atoms with E-state index >= 15 is 0 Å². The number of pyridine rings is 1. The van der Waals surface area contributed by atoms with Crippen LogP contribution in [0.3, 0.4) is 0 Å². The number of benzene rings is 2. The number of carbonyl (C=O) groups is 1. The molecule has 2 aromatic carbocycles. The van der Waals surface area contributed by atoms with Gasteiger partial charge in [-0.1, -0.05) is 48.5 Å². The molecule has 0 unspecified atom stereocenters. The van der Waals surface area contributed by atoms with E-state index in [0.717, 1.165) is 27.6 Å². The maximum atomic E-state index is 12.5. The van der Waals surface area contributed by atoms with Crippen molar-refractivity contribution < 1.29 is 4.79 Å². The van der Waals surface area contributed by atoms with Crippen LogP contribution in [-0.2, 0) is 10.3 Å². The summed E-state index contributed by atoms with van der Waals surface area (Å²) < 4.78 is 1.73. The van der Waals surface area contributed by atoms with Crippen molar-refractivity contribution in [3.63, 3.8) is 0 Å². The van der Waals surface area contributed by atoms with Crippen LogP contribution in [0.5, 0.6) is 0 Å². The highest BCUT2D eigenvalue weighted by molar-refractivity contribution is 5.95. The van der Waals surface area contributed by atoms with Crippen molar-refractivity contribution in [2.75, 3.05) is 14.1 Å². The number of likely N-dealkylation sites (N-methyl/N-ethyl adjacent to an activating group) is 1. The fourth-order valence-electron chi connectivity index (χ4n) is 3.61. The Morgan fingerprint density at radius 1 is 0.897 bits per heavy atom. The van der Waals surface area contributed by atoms with Crippen LogP contribution in [0.4, 0.5) is 0 Å². The minimum Gasteiger partial charge on any atom is -0.347 e. The van der Waals surface area contributed by atoms with Crippen LogP contribution in [0, 0.1) is 0 Å². The van der Waals surface area contributed by atoms with Crippen molar-refractivity contribution in [2.45, 2.75) is 19.4 Å². The number of carbonyl (C=O) groups excluding carboxylic acids is 1. The van der Waals surface area contributed by atoms with Gasteiger partial charge in [0.05, 0.1) is 6.20 Å². The van der Waals surface area contributed by atoms with Gasteiger partial charge in [-0.05, 0) is 30.4 Å². The van der Waals surface area contributed by atoms with E-state index in [1.54, 1.807) is 29.9 Å². The molecule has 0 radical (unpaired) electrons. The number of amides is 1. The molecule has 5 nitrogen and oxygen atoms in total. The molecule has 0 N–H and O–H groups in total. The third-order valence-corrected chi connectivity index (χ3v) is 5.28. The molecule has 1 amide bonds. The van der Waals surface area contributed by atoms with E-state index in [-0.39, 0.29) is 5.91 Å². The van der Waals surface area contributed by atoms with Gasteiger partial charge in [0.2, 0.25) is 5.91 Å². The van der Waals surface area contributed by atoms with Gasteiger partial charge < -0.3 is 4.90 Å². The zero-order chi connectivity index (χ0) is 20.6. The molecule has 4 rings (SSSR count). The second-order valence-corrected chi connectivity index (χ2v) is 7.92. The van der Waals surface area contributed by atoms with Crippen LogP contribution in [0.15, 0.2) is 73.3 Å². The van der Waals surface area contributed by atoms with Gasteiger partial charge in [0.25, 0.3) is 0 Å². The van der Waals surface area contributed by atoms with Gasteiger partial charge in [-0.3, -0.25) is 14.5 Å². The molecule has 2 heterocycles. The van der Waals surface area contributed by atoms with Crippen LogP contribution in [0.1, 0.15) is 13.8 Å². The molecule has 29 heavy (non-hydrogen) atoms. The summed E-state index contributed by atoms with van der Waals surface area (Å²) >= 11 is 0. The zero-order valence-electron chi connectivity index (χ0n) is 17.1. The van der Waals surface area contributed by atoms with Crippen molar-refractivity contribution in [1.82, 2.24) is 19.7 Å². The highest BCUT2D eigenvalue weighted by Crippen LogP contribution is 2.30. The molecule has 0 fully saturated rings. The Balaban J connectivity index is 1.66. The molecule has 5 heteroatoms.